The Morgan fingerprint density at radius 1 is 1.36 bits per heavy atom. The lowest BCUT2D eigenvalue weighted by Crippen LogP contribution is -2.21. The summed E-state index contributed by atoms with van der Waals surface area (Å²) in [5, 5.41) is 11.9. The van der Waals surface area contributed by atoms with Crippen LogP contribution in [0.5, 0.6) is 0 Å². The molecule has 0 bridgehead atoms. The van der Waals surface area contributed by atoms with Gasteiger partial charge in [-0.05, 0) is 24.1 Å². The first-order valence-electron chi connectivity index (χ1n) is 4.87. The van der Waals surface area contributed by atoms with Crippen LogP contribution < -0.4 is 5.32 Å². The van der Waals surface area contributed by atoms with Crippen molar-refractivity contribution in [3.05, 3.63) is 34.3 Å². The first kappa shape index (κ1) is 11.7. The Bertz CT molecular complexity index is 254. The third-order valence-electron chi connectivity index (χ3n) is 2.19. The summed E-state index contributed by atoms with van der Waals surface area (Å²) in [6.07, 6.45) is 2.15. The zero-order valence-electron chi connectivity index (χ0n) is 8.33. The summed E-state index contributed by atoms with van der Waals surface area (Å²) in [5.74, 6) is 0. The maximum absolute atomic E-state index is 8.86. The number of hydrogen-bond acceptors (Lipinski definition) is 2. The van der Waals surface area contributed by atoms with E-state index in [9.17, 15) is 0 Å². The molecule has 0 spiro atoms. The number of aliphatic hydroxyl groups is 1. The Labute approximate surface area is 93.5 Å². The third kappa shape index (κ3) is 3.40. The SMILES string of the molecule is CCCC(NCO)c1ccc(Br)cc1. The number of nitrogens with one attached hydrogen (secondary N) is 1. The smallest absolute Gasteiger partial charge is 0.0936 e. The fourth-order valence-electron chi connectivity index (χ4n) is 1.48. The highest BCUT2D eigenvalue weighted by Gasteiger charge is 2.08. The molecular weight excluding hydrogens is 242 g/mol. The van der Waals surface area contributed by atoms with Gasteiger partial charge in [-0.2, -0.15) is 0 Å². The average Bonchev–Trinajstić information content (AvgIpc) is 2.19. The van der Waals surface area contributed by atoms with Crippen LogP contribution >= 0.6 is 15.9 Å². The van der Waals surface area contributed by atoms with Gasteiger partial charge in [-0.25, -0.2) is 0 Å². The van der Waals surface area contributed by atoms with Gasteiger partial charge in [0.2, 0.25) is 0 Å². The molecule has 0 aliphatic rings. The molecule has 1 rings (SSSR count). The van der Waals surface area contributed by atoms with Gasteiger partial charge >= 0.3 is 0 Å². The Kier molecular flexibility index (Phi) is 5.15. The number of aliphatic hydroxyl groups excluding tert-OH is 1. The zero-order valence-corrected chi connectivity index (χ0v) is 9.92. The first-order valence-corrected chi connectivity index (χ1v) is 5.67. The summed E-state index contributed by atoms with van der Waals surface area (Å²) in [5.41, 5.74) is 1.23. The minimum absolute atomic E-state index is 0.0285. The van der Waals surface area contributed by atoms with Crippen LogP contribution in [0.1, 0.15) is 31.4 Å². The highest BCUT2D eigenvalue weighted by Crippen LogP contribution is 2.20. The van der Waals surface area contributed by atoms with Crippen LogP contribution in [-0.4, -0.2) is 11.8 Å². The fraction of sp³-hybridized carbons (Fsp3) is 0.455. The predicted molar refractivity (Wildman–Crippen MR) is 62.0 cm³/mol. The van der Waals surface area contributed by atoms with Crippen LogP contribution in [0.4, 0.5) is 0 Å². The molecule has 2 nitrogen and oxygen atoms in total. The van der Waals surface area contributed by atoms with Gasteiger partial charge in [0.05, 0.1) is 6.73 Å². The maximum atomic E-state index is 8.86. The second kappa shape index (κ2) is 6.17. The molecular formula is C11H16BrNO. The molecule has 0 radical (unpaired) electrons. The minimum Gasteiger partial charge on any atom is -0.381 e. The van der Waals surface area contributed by atoms with Crippen molar-refractivity contribution >= 4 is 15.9 Å². The van der Waals surface area contributed by atoms with Gasteiger partial charge in [-0.15, -0.1) is 0 Å². The summed E-state index contributed by atoms with van der Waals surface area (Å²) in [7, 11) is 0. The van der Waals surface area contributed by atoms with E-state index in [1.165, 1.54) is 5.56 Å². The largest absolute Gasteiger partial charge is 0.381 e. The molecule has 0 aliphatic carbocycles. The van der Waals surface area contributed by atoms with Crippen molar-refractivity contribution in [2.45, 2.75) is 25.8 Å². The molecule has 14 heavy (non-hydrogen) atoms. The molecule has 0 amide bonds. The van der Waals surface area contributed by atoms with E-state index in [-0.39, 0.29) is 12.8 Å². The number of hydrogen-bond donors (Lipinski definition) is 2. The fourth-order valence-corrected chi connectivity index (χ4v) is 1.74. The summed E-state index contributed by atoms with van der Waals surface area (Å²) in [6.45, 7) is 2.17. The van der Waals surface area contributed by atoms with E-state index in [1.807, 2.05) is 12.1 Å². The van der Waals surface area contributed by atoms with Crippen molar-refractivity contribution in [2.24, 2.45) is 0 Å². The van der Waals surface area contributed by atoms with Crippen LogP contribution in [0.25, 0.3) is 0 Å². The van der Waals surface area contributed by atoms with Crippen LogP contribution in [0.2, 0.25) is 0 Å². The van der Waals surface area contributed by atoms with Crippen molar-refractivity contribution < 1.29 is 5.11 Å². The summed E-state index contributed by atoms with van der Waals surface area (Å²) < 4.78 is 1.08. The quantitative estimate of drug-likeness (QED) is 0.796. The van der Waals surface area contributed by atoms with E-state index in [2.05, 4.69) is 40.3 Å². The molecule has 1 unspecified atom stereocenters. The monoisotopic (exact) mass is 257 g/mol. The molecule has 1 aromatic carbocycles. The van der Waals surface area contributed by atoms with Crippen LogP contribution in [0.15, 0.2) is 28.7 Å². The first-order chi connectivity index (χ1) is 6.77. The van der Waals surface area contributed by atoms with E-state index < -0.39 is 0 Å². The van der Waals surface area contributed by atoms with Gasteiger partial charge in [0.1, 0.15) is 0 Å². The van der Waals surface area contributed by atoms with Crippen molar-refractivity contribution in [3.63, 3.8) is 0 Å². The average molecular weight is 258 g/mol. The Hall–Kier alpha value is -0.380. The summed E-state index contributed by atoms with van der Waals surface area (Å²) in [4.78, 5) is 0. The van der Waals surface area contributed by atoms with Crippen molar-refractivity contribution in [2.75, 3.05) is 6.73 Å². The molecule has 78 valence electrons. The molecule has 0 saturated carbocycles. The highest BCUT2D eigenvalue weighted by molar-refractivity contribution is 9.10. The minimum atomic E-state index is 0.0285. The van der Waals surface area contributed by atoms with E-state index in [0.29, 0.717) is 0 Å². The Morgan fingerprint density at radius 3 is 2.50 bits per heavy atom. The van der Waals surface area contributed by atoms with E-state index in [4.69, 9.17) is 5.11 Å². The number of halogens is 1. The normalized spacial score (nSPS) is 12.8. The zero-order chi connectivity index (χ0) is 10.4. The molecule has 0 aliphatic heterocycles. The van der Waals surface area contributed by atoms with Gasteiger partial charge in [0.15, 0.2) is 0 Å². The molecule has 0 saturated heterocycles. The molecule has 2 N–H and O–H groups in total. The third-order valence-corrected chi connectivity index (χ3v) is 2.72. The molecule has 0 fully saturated rings. The van der Waals surface area contributed by atoms with Crippen LogP contribution in [0.3, 0.4) is 0 Å². The number of rotatable bonds is 5. The van der Waals surface area contributed by atoms with Gasteiger partial charge in [0.25, 0.3) is 0 Å². The van der Waals surface area contributed by atoms with E-state index >= 15 is 0 Å². The van der Waals surface area contributed by atoms with Gasteiger partial charge in [-0.1, -0.05) is 41.4 Å². The second-order valence-corrected chi connectivity index (χ2v) is 4.17. The number of benzene rings is 1. The van der Waals surface area contributed by atoms with Gasteiger partial charge in [0, 0.05) is 10.5 Å². The molecule has 0 heterocycles. The maximum Gasteiger partial charge on any atom is 0.0936 e. The van der Waals surface area contributed by atoms with Crippen molar-refractivity contribution in [1.82, 2.24) is 5.32 Å². The Morgan fingerprint density at radius 2 is 2.00 bits per heavy atom. The lowest BCUT2D eigenvalue weighted by Gasteiger charge is -2.16. The lowest BCUT2D eigenvalue weighted by molar-refractivity contribution is 0.237. The predicted octanol–water partition coefficient (Wildman–Crippen LogP) is 2.83. The lowest BCUT2D eigenvalue weighted by atomic mass is 10.0. The summed E-state index contributed by atoms with van der Waals surface area (Å²) >= 11 is 3.40. The molecule has 3 heteroatoms. The molecule has 0 aromatic heterocycles. The molecule has 1 aromatic rings. The Balaban J connectivity index is 2.71. The van der Waals surface area contributed by atoms with Gasteiger partial charge in [-0.3, -0.25) is 5.32 Å². The van der Waals surface area contributed by atoms with E-state index in [1.54, 1.807) is 0 Å². The van der Waals surface area contributed by atoms with Crippen molar-refractivity contribution in [3.8, 4) is 0 Å². The molecule has 1 atom stereocenters. The van der Waals surface area contributed by atoms with E-state index in [0.717, 1.165) is 17.3 Å². The summed E-state index contributed by atoms with van der Waals surface area (Å²) in [6, 6.07) is 8.46. The topological polar surface area (TPSA) is 32.3 Å². The van der Waals surface area contributed by atoms with Crippen LogP contribution in [-0.2, 0) is 0 Å². The highest BCUT2D eigenvalue weighted by atomic mass is 79.9. The standard InChI is InChI=1S/C11H16BrNO/c1-2-3-11(13-8-14)9-4-6-10(12)7-5-9/h4-7,11,13-14H,2-3,8H2,1H3. The van der Waals surface area contributed by atoms with Gasteiger partial charge < -0.3 is 5.11 Å². The second-order valence-electron chi connectivity index (χ2n) is 3.26. The van der Waals surface area contributed by atoms with Crippen LogP contribution in [0, 0.1) is 0 Å². The van der Waals surface area contributed by atoms with Crippen molar-refractivity contribution in [1.29, 1.82) is 0 Å².